The smallest absolute Gasteiger partial charge is 0.145 e. The fraction of sp³-hybridized carbons (Fsp3) is 0. The molecule has 16 heavy (non-hydrogen) atoms. The third-order valence-corrected chi connectivity index (χ3v) is 2.05. The number of ether oxygens (including phenoxy) is 1. The molecule has 0 aromatic heterocycles. The Balaban J connectivity index is 2.27. The average Bonchev–Trinajstić information content (AvgIpc) is 2.33. The van der Waals surface area contributed by atoms with E-state index in [1.54, 1.807) is 24.3 Å². The van der Waals surface area contributed by atoms with E-state index in [1.807, 2.05) is 6.07 Å². The molecule has 0 fully saturated rings. The molecule has 2 aromatic carbocycles. The number of benzene rings is 2. The summed E-state index contributed by atoms with van der Waals surface area (Å²) in [5.74, 6) is 0.654. The molecule has 0 unspecified atom stereocenters. The monoisotopic (exact) mass is 213 g/mol. The average molecular weight is 213 g/mol. The lowest BCUT2D eigenvalue weighted by Gasteiger charge is -2.06. The first-order valence-corrected chi connectivity index (χ1v) is 4.72. The van der Waals surface area contributed by atoms with E-state index in [0.29, 0.717) is 17.1 Å². The number of para-hydroxylation sites is 1. The number of halogens is 1. The van der Waals surface area contributed by atoms with E-state index in [-0.39, 0.29) is 5.82 Å². The molecule has 0 radical (unpaired) electrons. The second kappa shape index (κ2) is 4.45. The number of nitriles is 1. The largest absolute Gasteiger partial charge is 0.456 e. The molecule has 0 aliphatic heterocycles. The van der Waals surface area contributed by atoms with Crippen molar-refractivity contribution in [1.82, 2.24) is 0 Å². The van der Waals surface area contributed by atoms with Crippen LogP contribution < -0.4 is 4.74 Å². The minimum Gasteiger partial charge on any atom is -0.456 e. The summed E-state index contributed by atoms with van der Waals surface area (Å²) in [5.41, 5.74) is 0.451. The van der Waals surface area contributed by atoms with Crippen LogP contribution in [0.4, 0.5) is 4.39 Å². The third kappa shape index (κ3) is 2.18. The normalized spacial score (nSPS) is 9.50. The first kappa shape index (κ1) is 10.2. The van der Waals surface area contributed by atoms with Crippen LogP contribution >= 0.6 is 0 Å². The van der Waals surface area contributed by atoms with Gasteiger partial charge in [-0.25, -0.2) is 4.39 Å². The van der Waals surface area contributed by atoms with Crippen molar-refractivity contribution in [3.8, 4) is 17.6 Å². The molecule has 0 atom stereocenters. The highest BCUT2D eigenvalue weighted by Gasteiger charge is 2.03. The SMILES string of the molecule is N#Cc1ccccc1Oc1ccc(F)cc1. The summed E-state index contributed by atoms with van der Waals surface area (Å²) in [5, 5.41) is 8.85. The van der Waals surface area contributed by atoms with E-state index in [1.165, 1.54) is 24.3 Å². The summed E-state index contributed by atoms with van der Waals surface area (Å²) in [4.78, 5) is 0. The summed E-state index contributed by atoms with van der Waals surface area (Å²) in [6.45, 7) is 0. The summed E-state index contributed by atoms with van der Waals surface area (Å²) in [6.07, 6.45) is 0. The molecule has 0 amide bonds. The van der Waals surface area contributed by atoms with Gasteiger partial charge < -0.3 is 4.74 Å². The van der Waals surface area contributed by atoms with E-state index >= 15 is 0 Å². The van der Waals surface area contributed by atoms with Gasteiger partial charge >= 0.3 is 0 Å². The van der Waals surface area contributed by atoms with Gasteiger partial charge in [-0.1, -0.05) is 12.1 Å². The fourth-order valence-electron chi connectivity index (χ4n) is 1.28. The minimum absolute atomic E-state index is 0.319. The van der Waals surface area contributed by atoms with Gasteiger partial charge in [0, 0.05) is 0 Å². The molecule has 0 heterocycles. The zero-order valence-corrected chi connectivity index (χ0v) is 8.35. The Morgan fingerprint density at radius 3 is 2.38 bits per heavy atom. The number of hydrogen-bond donors (Lipinski definition) is 0. The summed E-state index contributed by atoms with van der Waals surface area (Å²) < 4.78 is 18.1. The third-order valence-electron chi connectivity index (χ3n) is 2.05. The second-order valence-electron chi connectivity index (χ2n) is 3.16. The number of rotatable bonds is 2. The lowest BCUT2D eigenvalue weighted by atomic mass is 10.2. The molecule has 0 aliphatic carbocycles. The van der Waals surface area contributed by atoms with Crippen molar-refractivity contribution in [2.45, 2.75) is 0 Å². The second-order valence-corrected chi connectivity index (χ2v) is 3.16. The van der Waals surface area contributed by atoms with Crippen molar-refractivity contribution in [3.63, 3.8) is 0 Å². The molecule has 2 aromatic rings. The maximum absolute atomic E-state index is 12.7. The van der Waals surface area contributed by atoms with Gasteiger partial charge in [0.15, 0.2) is 0 Å². The van der Waals surface area contributed by atoms with Crippen LogP contribution in [0.1, 0.15) is 5.56 Å². The van der Waals surface area contributed by atoms with Crippen molar-refractivity contribution >= 4 is 0 Å². The van der Waals surface area contributed by atoms with E-state index in [4.69, 9.17) is 10.00 Å². The lowest BCUT2D eigenvalue weighted by molar-refractivity contribution is 0.479. The van der Waals surface area contributed by atoms with Crippen LogP contribution in [0.15, 0.2) is 48.5 Å². The highest BCUT2D eigenvalue weighted by atomic mass is 19.1. The Kier molecular flexibility index (Phi) is 2.84. The molecule has 78 valence electrons. The van der Waals surface area contributed by atoms with Crippen molar-refractivity contribution in [1.29, 1.82) is 5.26 Å². The minimum atomic E-state index is -0.319. The van der Waals surface area contributed by atoms with Crippen LogP contribution in [-0.4, -0.2) is 0 Å². The summed E-state index contributed by atoms with van der Waals surface area (Å²) >= 11 is 0. The van der Waals surface area contributed by atoms with Crippen molar-refractivity contribution < 1.29 is 9.13 Å². The molecular weight excluding hydrogens is 205 g/mol. The molecule has 0 spiro atoms. The Morgan fingerprint density at radius 1 is 1.00 bits per heavy atom. The van der Waals surface area contributed by atoms with E-state index in [2.05, 4.69) is 0 Å². The van der Waals surface area contributed by atoms with Crippen LogP contribution in [0.2, 0.25) is 0 Å². The maximum Gasteiger partial charge on any atom is 0.145 e. The van der Waals surface area contributed by atoms with Gasteiger partial charge in [0.1, 0.15) is 23.4 Å². The highest BCUT2D eigenvalue weighted by molar-refractivity contribution is 5.44. The van der Waals surface area contributed by atoms with Gasteiger partial charge in [0.05, 0.1) is 5.56 Å². The van der Waals surface area contributed by atoms with Crippen molar-refractivity contribution in [2.75, 3.05) is 0 Å². The molecule has 0 N–H and O–H groups in total. The topological polar surface area (TPSA) is 33.0 Å². The molecule has 2 nitrogen and oxygen atoms in total. The zero-order chi connectivity index (χ0) is 11.4. The molecule has 3 heteroatoms. The van der Waals surface area contributed by atoms with Gasteiger partial charge in [-0.05, 0) is 36.4 Å². The van der Waals surface area contributed by atoms with Gasteiger partial charge in [-0.3, -0.25) is 0 Å². The van der Waals surface area contributed by atoms with Crippen LogP contribution in [0, 0.1) is 17.1 Å². The van der Waals surface area contributed by atoms with E-state index in [9.17, 15) is 4.39 Å². The Hall–Kier alpha value is -2.34. The Labute approximate surface area is 92.5 Å². The number of hydrogen-bond acceptors (Lipinski definition) is 2. The van der Waals surface area contributed by atoms with Gasteiger partial charge in [-0.2, -0.15) is 5.26 Å². The van der Waals surface area contributed by atoms with Crippen molar-refractivity contribution in [2.24, 2.45) is 0 Å². The van der Waals surface area contributed by atoms with Gasteiger partial charge in [-0.15, -0.1) is 0 Å². The first-order chi connectivity index (χ1) is 7.79. The van der Waals surface area contributed by atoms with Crippen LogP contribution in [0.3, 0.4) is 0 Å². The van der Waals surface area contributed by atoms with E-state index < -0.39 is 0 Å². The molecule has 0 aliphatic rings. The molecular formula is C13H8FNO. The predicted molar refractivity (Wildman–Crippen MR) is 57.6 cm³/mol. The molecule has 0 saturated heterocycles. The molecule has 0 saturated carbocycles. The molecule has 0 bridgehead atoms. The predicted octanol–water partition coefficient (Wildman–Crippen LogP) is 3.49. The van der Waals surface area contributed by atoms with Crippen LogP contribution in [0.25, 0.3) is 0 Å². The zero-order valence-electron chi connectivity index (χ0n) is 8.35. The Bertz CT molecular complexity index is 528. The first-order valence-electron chi connectivity index (χ1n) is 4.72. The summed E-state index contributed by atoms with van der Waals surface area (Å²) in [6, 6.07) is 14.6. The Morgan fingerprint density at radius 2 is 1.69 bits per heavy atom. The van der Waals surface area contributed by atoms with Crippen LogP contribution in [-0.2, 0) is 0 Å². The van der Waals surface area contributed by atoms with Crippen LogP contribution in [0.5, 0.6) is 11.5 Å². The highest BCUT2D eigenvalue weighted by Crippen LogP contribution is 2.24. The van der Waals surface area contributed by atoms with Gasteiger partial charge in [0.25, 0.3) is 0 Å². The molecule has 2 rings (SSSR count). The van der Waals surface area contributed by atoms with Crippen molar-refractivity contribution in [3.05, 3.63) is 59.9 Å². The lowest BCUT2D eigenvalue weighted by Crippen LogP contribution is -1.87. The quantitative estimate of drug-likeness (QED) is 0.764. The summed E-state index contributed by atoms with van der Waals surface area (Å²) in [7, 11) is 0. The maximum atomic E-state index is 12.7. The van der Waals surface area contributed by atoms with Gasteiger partial charge in [0.2, 0.25) is 0 Å². The fourth-order valence-corrected chi connectivity index (χ4v) is 1.28. The standard InChI is InChI=1S/C13H8FNO/c14-11-5-7-12(8-6-11)16-13-4-2-1-3-10(13)9-15/h1-8H. The number of nitrogens with zero attached hydrogens (tertiary/aromatic N) is 1. The van der Waals surface area contributed by atoms with E-state index in [0.717, 1.165) is 0 Å².